The molecule has 10 aromatic carbocycles. The molecule has 4 heteroatoms. The summed E-state index contributed by atoms with van der Waals surface area (Å²) in [7, 11) is 0. The van der Waals surface area contributed by atoms with E-state index in [1.54, 1.807) is 0 Å². The van der Waals surface area contributed by atoms with Gasteiger partial charge in [-0.1, -0.05) is 181 Å². The Morgan fingerprint density at radius 3 is 1.70 bits per heavy atom. The van der Waals surface area contributed by atoms with E-state index in [-0.39, 0.29) is 0 Å². The van der Waals surface area contributed by atoms with Crippen molar-refractivity contribution < 1.29 is 4.42 Å². The average Bonchev–Trinajstić information content (AvgIpc) is 3.67. The summed E-state index contributed by atoms with van der Waals surface area (Å²) in [5.74, 6) is 0. The summed E-state index contributed by atoms with van der Waals surface area (Å²) in [4.78, 5) is 7.78. The van der Waals surface area contributed by atoms with E-state index in [9.17, 15) is 0 Å². The zero-order valence-electron chi connectivity index (χ0n) is 30.8. The van der Waals surface area contributed by atoms with Crippen LogP contribution in [0.1, 0.15) is 11.1 Å². The van der Waals surface area contributed by atoms with Crippen molar-refractivity contribution in [1.82, 2.24) is 0 Å². The number of furan rings is 1. The molecule has 2 aliphatic heterocycles. The number of benzene rings is 10. The lowest BCUT2D eigenvalue weighted by molar-refractivity contribution is 0.669. The van der Waals surface area contributed by atoms with Crippen molar-refractivity contribution in [2.45, 2.75) is 26.0 Å². The Morgan fingerprint density at radius 2 is 0.930 bits per heavy atom. The van der Waals surface area contributed by atoms with Gasteiger partial charge in [-0.3, -0.25) is 0 Å². The first-order valence-corrected chi connectivity index (χ1v) is 21.0. The minimum Gasteiger partial charge on any atom is -0.454 e. The van der Waals surface area contributed by atoms with E-state index in [0.717, 1.165) is 34.0 Å². The summed E-state index contributed by atoms with van der Waals surface area (Å²) in [6.45, 7) is 0. The second-order valence-corrected chi connectivity index (χ2v) is 16.9. The first-order chi connectivity index (χ1) is 28.3. The van der Waals surface area contributed by atoms with Crippen LogP contribution in [0.4, 0.5) is 17.1 Å². The molecule has 2 nitrogen and oxygen atoms in total. The van der Waals surface area contributed by atoms with Crippen LogP contribution in [0.3, 0.4) is 0 Å². The van der Waals surface area contributed by atoms with Crippen molar-refractivity contribution in [2.75, 3.05) is 4.90 Å². The number of nitrogens with zero attached hydrogens (tertiary/aromatic N) is 1. The fraction of sp³-hybridized carbons (Fsp3) is 0.0189. The van der Waals surface area contributed by atoms with Crippen molar-refractivity contribution >= 4 is 106 Å². The number of hydrogen-bond acceptors (Lipinski definition) is 4. The van der Waals surface area contributed by atoms with Gasteiger partial charge < -0.3 is 9.32 Å². The summed E-state index contributed by atoms with van der Waals surface area (Å²) < 4.78 is 6.52. The van der Waals surface area contributed by atoms with Gasteiger partial charge in [0.25, 0.3) is 0 Å². The van der Waals surface area contributed by atoms with Crippen LogP contribution < -0.4 is 4.90 Å². The van der Waals surface area contributed by atoms with Crippen LogP contribution in [0.25, 0.3) is 65.0 Å². The van der Waals surface area contributed by atoms with Gasteiger partial charge in [0, 0.05) is 42.2 Å². The van der Waals surface area contributed by atoms with Crippen LogP contribution in [0, 0.1) is 0 Å². The molecular weight excluding hydrogens is 731 g/mol. The lowest BCUT2D eigenvalue weighted by Gasteiger charge is -2.34. The molecule has 0 N–H and O–H groups in total. The van der Waals surface area contributed by atoms with Crippen molar-refractivity contribution in [3.63, 3.8) is 0 Å². The second kappa shape index (κ2) is 13.1. The van der Waals surface area contributed by atoms with Crippen molar-refractivity contribution in [1.29, 1.82) is 0 Å². The first-order valence-electron chi connectivity index (χ1n) is 19.4. The number of para-hydroxylation sites is 2. The molecule has 2 aliphatic rings. The van der Waals surface area contributed by atoms with Gasteiger partial charge in [0.05, 0.1) is 17.1 Å². The molecule has 0 atom stereocenters. The van der Waals surface area contributed by atoms with E-state index < -0.39 is 0 Å². The molecule has 0 bridgehead atoms. The highest BCUT2D eigenvalue weighted by atomic mass is 32.2. The Kier molecular flexibility index (Phi) is 7.50. The molecular formula is C53H33NOS2. The summed E-state index contributed by atoms with van der Waals surface area (Å²) in [6.07, 6.45) is 1.03. The largest absolute Gasteiger partial charge is 0.454 e. The second-order valence-electron chi connectivity index (χ2n) is 14.8. The van der Waals surface area contributed by atoms with E-state index in [4.69, 9.17) is 4.42 Å². The molecule has 0 amide bonds. The van der Waals surface area contributed by atoms with Gasteiger partial charge in [-0.15, -0.1) is 0 Å². The predicted octanol–water partition coefficient (Wildman–Crippen LogP) is 15.9. The highest BCUT2D eigenvalue weighted by Crippen LogP contribution is 2.57. The van der Waals surface area contributed by atoms with Crippen LogP contribution in [-0.4, -0.2) is 0 Å². The third kappa shape index (κ3) is 5.21. The third-order valence-electron chi connectivity index (χ3n) is 11.6. The molecule has 13 rings (SSSR count). The lowest BCUT2D eigenvalue weighted by atomic mass is 9.96. The Morgan fingerprint density at radius 1 is 0.386 bits per heavy atom. The molecule has 0 unspecified atom stereocenters. The standard InChI is InChI=1S/C32H19NOS.C21H14S/c1-3-10-22-20(8-1)17-19-29-30(22)33(27-18-16-21-9-2-4-11-23(21)32(27)35-29)26-14-7-13-25-24-12-5-6-15-28(24)34-31(25)26;1-3-7-17-14(5-1)11-12-20-19(17)13-16-10-9-15-6-2-4-8-18(15)21(16)22-20/h1-19H;1-12H,13H2. The third-order valence-corrected chi connectivity index (χ3v) is 14.0. The Labute approximate surface area is 338 Å². The molecule has 57 heavy (non-hydrogen) atoms. The maximum absolute atomic E-state index is 6.52. The Hall–Kier alpha value is -6.46. The average molecular weight is 764 g/mol. The monoisotopic (exact) mass is 763 g/mol. The molecule has 1 aromatic heterocycles. The Balaban J connectivity index is 0.000000139. The smallest absolute Gasteiger partial charge is 0.159 e. The van der Waals surface area contributed by atoms with Gasteiger partial charge in [-0.2, -0.15) is 0 Å². The molecule has 0 aliphatic carbocycles. The van der Waals surface area contributed by atoms with Gasteiger partial charge in [-0.05, 0) is 79.2 Å². The van der Waals surface area contributed by atoms with Crippen molar-refractivity contribution in [2.24, 2.45) is 0 Å². The molecule has 11 aromatic rings. The Bertz CT molecular complexity index is 3330. The summed E-state index contributed by atoms with van der Waals surface area (Å²) in [5, 5.41) is 12.7. The molecule has 0 saturated heterocycles. The maximum Gasteiger partial charge on any atom is 0.159 e. The van der Waals surface area contributed by atoms with Gasteiger partial charge >= 0.3 is 0 Å². The summed E-state index contributed by atoms with van der Waals surface area (Å²) in [5.41, 5.74) is 8.22. The quantitative estimate of drug-likeness (QED) is 0.165. The SMILES string of the molecule is c1ccc2c3c(ccc2c1)N(c1cccc2c1oc1ccccc12)c1c(ccc2ccccc12)S3.c1ccc2c3c(ccc2c1)Sc1c(ccc2ccccc12)C3. The lowest BCUT2D eigenvalue weighted by Crippen LogP contribution is -2.15. The van der Waals surface area contributed by atoms with E-state index in [1.807, 2.05) is 29.6 Å². The number of hydrogen-bond donors (Lipinski definition) is 0. The van der Waals surface area contributed by atoms with Gasteiger partial charge in [0.1, 0.15) is 5.58 Å². The van der Waals surface area contributed by atoms with Gasteiger partial charge in [0.2, 0.25) is 0 Å². The fourth-order valence-electron chi connectivity index (χ4n) is 8.89. The fourth-order valence-corrected chi connectivity index (χ4v) is 11.3. The van der Waals surface area contributed by atoms with Crippen molar-refractivity contribution in [3.8, 4) is 0 Å². The van der Waals surface area contributed by atoms with Crippen LogP contribution in [0.2, 0.25) is 0 Å². The van der Waals surface area contributed by atoms with Crippen LogP contribution in [0.15, 0.2) is 212 Å². The molecule has 0 radical (unpaired) electrons. The van der Waals surface area contributed by atoms with E-state index >= 15 is 0 Å². The molecule has 3 heterocycles. The maximum atomic E-state index is 6.52. The number of anilines is 3. The number of rotatable bonds is 1. The first kappa shape index (κ1) is 32.8. The van der Waals surface area contributed by atoms with E-state index in [0.29, 0.717) is 0 Å². The molecule has 0 saturated carbocycles. The zero-order chi connectivity index (χ0) is 37.5. The highest BCUT2D eigenvalue weighted by Gasteiger charge is 2.30. The molecule has 0 spiro atoms. The van der Waals surface area contributed by atoms with E-state index in [2.05, 4.69) is 187 Å². The zero-order valence-corrected chi connectivity index (χ0v) is 32.4. The summed E-state index contributed by atoms with van der Waals surface area (Å²) in [6, 6.07) is 67.6. The highest BCUT2D eigenvalue weighted by molar-refractivity contribution is 8.00. The minimum absolute atomic E-state index is 0.915. The van der Waals surface area contributed by atoms with Gasteiger partial charge in [0.15, 0.2) is 5.58 Å². The molecule has 268 valence electrons. The van der Waals surface area contributed by atoms with Gasteiger partial charge in [-0.25, -0.2) is 0 Å². The van der Waals surface area contributed by atoms with E-state index in [1.165, 1.54) is 85.2 Å². The molecule has 0 fully saturated rings. The topological polar surface area (TPSA) is 16.4 Å². The van der Waals surface area contributed by atoms with Crippen LogP contribution >= 0.6 is 23.5 Å². The summed E-state index contributed by atoms with van der Waals surface area (Å²) >= 11 is 3.79. The number of fused-ring (bicyclic) bond motifs is 15. The normalized spacial score (nSPS) is 13.0. The van der Waals surface area contributed by atoms with Crippen LogP contribution in [-0.2, 0) is 6.42 Å². The minimum atomic E-state index is 0.915. The van der Waals surface area contributed by atoms with Crippen molar-refractivity contribution in [3.05, 3.63) is 199 Å². The predicted molar refractivity (Wildman–Crippen MR) is 242 cm³/mol. The van der Waals surface area contributed by atoms with Crippen LogP contribution in [0.5, 0.6) is 0 Å².